The lowest BCUT2D eigenvalue weighted by Gasteiger charge is -2.19. The van der Waals surface area contributed by atoms with E-state index in [1.54, 1.807) is 0 Å². The molecule has 38 heavy (non-hydrogen) atoms. The van der Waals surface area contributed by atoms with E-state index in [0.717, 1.165) is 24.1 Å². The summed E-state index contributed by atoms with van der Waals surface area (Å²) in [6.07, 6.45) is 3.97. The first-order chi connectivity index (χ1) is 18.6. The Bertz CT molecular complexity index is 1760. The van der Waals surface area contributed by atoms with Crippen LogP contribution in [0, 0.1) is 6.92 Å². The van der Waals surface area contributed by atoms with Gasteiger partial charge in [-0.2, -0.15) is 0 Å². The number of nitrogens with zero attached hydrogens (tertiary/aromatic N) is 1. The molecule has 6 aromatic rings. The topological polar surface area (TPSA) is 4.93 Å². The standard InChI is InChI=1S/C37H33N/c1-5-26-22-29(38-36-18-12-10-16-32(36)33-17-11-13-19-37(33)38)20-21-31(26)35-24-27(6-2)34(23-28(35)7-3)30-15-9-8-14-25(30)4/h5,8-24H,1,6-7H2,2-4H3. The number of aryl methyl sites for hydroxylation is 3. The summed E-state index contributed by atoms with van der Waals surface area (Å²) in [5.74, 6) is 0. The fourth-order valence-electron chi connectivity index (χ4n) is 5.96. The van der Waals surface area contributed by atoms with Gasteiger partial charge in [0.15, 0.2) is 0 Å². The predicted octanol–water partition coefficient (Wildman–Crippen LogP) is 10.2. The quantitative estimate of drug-likeness (QED) is 0.218. The van der Waals surface area contributed by atoms with Crippen LogP contribution in [0.4, 0.5) is 0 Å². The molecule has 1 aromatic heterocycles. The van der Waals surface area contributed by atoms with E-state index in [4.69, 9.17) is 0 Å². The van der Waals surface area contributed by atoms with E-state index in [0.29, 0.717) is 0 Å². The van der Waals surface area contributed by atoms with Gasteiger partial charge in [0.25, 0.3) is 0 Å². The number of fused-ring (bicyclic) bond motifs is 3. The summed E-state index contributed by atoms with van der Waals surface area (Å²) >= 11 is 0. The fourth-order valence-corrected chi connectivity index (χ4v) is 5.96. The highest BCUT2D eigenvalue weighted by Crippen LogP contribution is 2.38. The second-order valence-corrected chi connectivity index (χ2v) is 10.0. The lowest BCUT2D eigenvalue weighted by Crippen LogP contribution is -1.99. The number of benzene rings is 5. The molecular weight excluding hydrogens is 458 g/mol. The van der Waals surface area contributed by atoms with Gasteiger partial charge in [-0.1, -0.05) is 105 Å². The molecule has 0 radical (unpaired) electrons. The molecule has 0 unspecified atom stereocenters. The van der Waals surface area contributed by atoms with Crippen molar-refractivity contribution in [3.63, 3.8) is 0 Å². The monoisotopic (exact) mass is 491 g/mol. The summed E-state index contributed by atoms with van der Waals surface area (Å²) in [5, 5.41) is 2.56. The Labute approximate surface area is 225 Å². The second kappa shape index (κ2) is 9.84. The third kappa shape index (κ3) is 3.87. The Kier molecular flexibility index (Phi) is 6.21. The van der Waals surface area contributed by atoms with Crippen molar-refractivity contribution in [2.45, 2.75) is 33.6 Å². The summed E-state index contributed by atoms with van der Waals surface area (Å²) in [6.45, 7) is 10.9. The van der Waals surface area contributed by atoms with Gasteiger partial charge in [-0.25, -0.2) is 0 Å². The molecule has 0 N–H and O–H groups in total. The number of aromatic nitrogens is 1. The molecule has 1 nitrogen and oxygen atoms in total. The van der Waals surface area contributed by atoms with Crippen molar-refractivity contribution in [2.24, 2.45) is 0 Å². The highest BCUT2D eigenvalue weighted by Gasteiger charge is 2.16. The summed E-state index contributed by atoms with van der Waals surface area (Å²) in [6, 6.07) is 37.7. The van der Waals surface area contributed by atoms with Crippen LogP contribution in [0.5, 0.6) is 0 Å². The van der Waals surface area contributed by atoms with Gasteiger partial charge in [0.05, 0.1) is 11.0 Å². The van der Waals surface area contributed by atoms with E-state index in [-0.39, 0.29) is 0 Å². The molecule has 0 aliphatic heterocycles. The van der Waals surface area contributed by atoms with Crippen LogP contribution in [0.15, 0.2) is 110 Å². The maximum absolute atomic E-state index is 4.23. The Balaban J connectivity index is 1.55. The number of hydrogen-bond donors (Lipinski definition) is 0. The van der Waals surface area contributed by atoms with Gasteiger partial charge < -0.3 is 4.57 Å². The third-order valence-corrected chi connectivity index (χ3v) is 7.91. The molecule has 0 aliphatic carbocycles. The molecule has 0 saturated carbocycles. The van der Waals surface area contributed by atoms with E-state index in [1.165, 1.54) is 60.8 Å². The van der Waals surface area contributed by atoms with Crippen LogP contribution in [0.3, 0.4) is 0 Å². The first kappa shape index (κ1) is 24.0. The molecular formula is C37H33N. The van der Waals surface area contributed by atoms with Crippen LogP contribution in [0.25, 0.3) is 55.8 Å². The van der Waals surface area contributed by atoms with Gasteiger partial charge in [-0.3, -0.25) is 0 Å². The normalized spacial score (nSPS) is 11.3. The van der Waals surface area contributed by atoms with Crippen LogP contribution in [0.1, 0.15) is 36.1 Å². The molecule has 0 saturated heterocycles. The maximum atomic E-state index is 4.23. The molecule has 186 valence electrons. The molecule has 5 aromatic carbocycles. The number of hydrogen-bond acceptors (Lipinski definition) is 0. The molecule has 0 bridgehead atoms. The largest absolute Gasteiger partial charge is 0.309 e. The summed E-state index contributed by atoms with van der Waals surface area (Å²) in [5.41, 5.74) is 14.1. The molecule has 1 heteroatoms. The zero-order chi connectivity index (χ0) is 26.2. The Morgan fingerprint density at radius 3 is 1.74 bits per heavy atom. The second-order valence-electron chi connectivity index (χ2n) is 10.0. The lowest BCUT2D eigenvalue weighted by molar-refractivity contribution is 1.10. The first-order valence-corrected chi connectivity index (χ1v) is 13.6. The van der Waals surface area contributed by atoms with Crippen molar-refractivity contribution in [2.75, 3.05) is 0 Å². The number of rotatable bonds is 6. The zero-order valence-electron chi connectivity index (χ0n) is 22.5. The van der Waals surface area contributed by atoms with E-state index in [9.17, 15) is 0 Å². The van der Waals surface area contributed by atoms with Gasteiger partial charge in [0, 0.05) is 16.5 Å². The molecule has 6 rings (SSSR count). The third-order valence-electron chi connectivity index (χ3n) is 7.91. The maximum Gasteiger partial charge on any atom is 0.0541 e. The average Bonchev–Trinajstić information content (AvgIpc) is 3.31. The van der Waals surface area contributed by atoms with Gasteiger partial charge in [-0.15, -0.1) is 0 Å². The Morgan fingerprint density at radius 1 is 0.605 bits per heavy atom. The van der Waals surface area contributed by atoms with Crippen LogP contribution >= 0.6 is 0 Å². The number of para-hydroxylation sites is 2. The highest BCUT2D eigenvalue weighted by atomic mass is 15.0. The summed E-state index contributed by atoms with van der Waals surface area (Å²) in [4.78, 5) is 0. The van der Waals surface area contributed by atoms with Crippen molar-refractivity contribution < 1.29 is 0 Å². The molecule has 0 atom stereocenters. The molecule has 0 spiro atoms. The predicted molar refractivity (Wildman–Crippen MR) is 165 cm³/mol. The van der Waals surface area contributed by atoms with E-state index in [2.05, 4.69) is 135 Å². The van der Waals surface area contributed by atoms with E-state index >= 15 is 0 Å². The minimum atomic E-state index is 0.976. The van der Waals surface area contributed by atoms with Crippen molar-refractivity contribution in [1.82, 2.24) is 4.57 Å². The summed E-state index contributed by atoms with van der Waals surface area (Å²) < 4.78 is 2.38. The van der Waals surface area contributed by atoms with Crippen LogP contribution < -0.4 is 0 Å². The van der Waals surface area contributed by atoms with Crippen molar-refractivity contribution in [3.05, 3.63) is 132 Å². The van der Waals surface area contributed by atoms with Crippen molar-refractivity contribution in [1.29, 1.82) is 0 Å². The minimum absolute atomic E-state index is 0.976. The SMILES string of the molecule is C=Cc1cc(-n2c3ccccc3c3ccccc32)ccc1-c1cc(CC)c(-c2ccccc2C)cc1CC. The Morgan fingerprint density at radius 2 is 1.16 bits per heavy atom. The average molecular weight is 492 g/mol. The molecule has 0 fully saturated rings. The smallest absolute Gasteiger partial charge is 0.0541 e. The molecule has 1 heterocycles. The van der Waals surface area contributed by atoms with E-state index < -0.39 is 0 Å². The highest BCUT2D eigenvalue weighted by molar-refractivity contribution is 6.09. The van der Waals surface area contributed by atoms with Crippen LogP contribution in [0.2, 0.25) is 0 Å². The van der Waals surface area contributed by atoms with E-state index in [1.807, 2.05) is 6.08 Å². The van der Waals surface area contributed by atoms with Gasteiger partial charge in [0.2, 0.25) is 0 Å². The minimum Gasteiger partial charge on any atom is -0.309 e. The van der Waals surface area contributed by atoms with Crippen molar-refractivity contribution in [3.8, 4) is 27.9 Å². The summed E-state index contributed by atoms with van der Waals surface area (Å²) in [7, 11) is 0. The van der Waals surface area contributed by atoms with Gasteiger partial charge in [-0.05, 0) is 88.5 Å². The van der Waals surface area contributed by atoms with Crippen LogP contribution in [-0.4, -0.2) is 4.57 Å². The van der Waals surface area contributed by atoms with Gasteiger partial charge >= 0.3 is 0 Å². The first-order valence-electron chi connectivity index (χ1n) is 13.6. The van der Waals surface area contributed by atoms with Crippen molar-refractivity contribution >= 4 is 27.9 Å². The van der Waals surface area contributed by atoms with Gasteiger partial charge in [0.1, 0.15) is 0 Å². The lowest BCUT2D eigenvalue weighted by atomic mass is 9.86. The van der Waals surface area contributed by atoms with Crippen LogP contribution in [-0.2, 0) is 12.8 Å². The Hall–Kier alpha value is -4.36. The molecule has 0 amide bonds. The zero-order valence-corrected chi connectivity index (χ0v) is 22.5. The molecule has 0 aliphatic rings. The fraction of sp³-hybridized carbons (Fsp3) is 0.135.